The van der Waals surface area contributed by atoms with Gasteiger partial charge in [0.2, 0.25) is 0 Å². The number of hydrogen-bond donors (Lipinski definition) is 1. The van der Waals surface area contributed by atoms with Crippen LogP contribution in [0.25, 0.3) is 0 Å². The third kappa shape index (κ3) is 4.03. The summed E-state index contributed by atoms with van der Waals surface area (Å²) in [6.07, 6.45) is 0. The van der Waals surface area contributed by atoms with Gasteiger partial charge in [-0.15, -0.1) is 0 Å². The molecule has 112 valence electrons. The van der Waals surface area contributed by atoms with Gasteiger partial charge in [0.25, 0.3) is 0 Å². The minimum atomic E-state index is 0.326. The van der Waals surface area contributed by atoms with Gasteiger partial charge in [-0.3, -0.25) is 0 Å². The highest BCUT2D eigenvalue weighted by Crippen LogP contribution is 2.32. The number of ether oxygens (including phenoxy) is 2. The maximum atomic E-state index is 6.15. The van der Waals surface area contributed by atoms with Gasteiger partial charge >= 0.3 is 0 Å². The molecule has 0 unspecified atom stereocenters. The molecule has 0 aliphatic rings. The molecule has 2 aromatic rings. The number of rotatable bonds is 6. The Labute approximate surface area is 134 Å². The van der Waals surface area contributed by atoms with Crippen molar-refractivity contribution in [2.24, 2.45) is 5.73 Å². The van der Waals surface area contributed by atoms with E-state index in [4.69, 9.17) is 38.4 Å². The van der Waals surface area contributed by atoms with E-state index in [1.165, 1.54) is 0 Å². The highest BCUT2D eigenvalue weighted by Gasteiger charge is 2.11. The van der Waals surface area contributed by atoms with Crippen LogP contribution < -0.4 is 15.2 Å². The second-order valence-corrected chi connectivity index (χ2v) is 5.25. The van der Waals surface area contributed by atoms with Crippen LogP contribution in [0.3, 0.4) is 0 Å². The van der Waals surface area contributed by atoms with Crippen molar-refractivity contribution in [3.63, 3.8) is 0 Å². The Hall–Kier alpha value is -1.42. The van der Waals surface area contributed by atoms with Crippen molar-refractivity contribution in [1.29, 1.82) is 0 Å². The van der Waals surface area contributed by atoms with Crippen molar-refractivity contribution in [2.75, 3.05) is 6.61 Å². The van der Waals surface area contributed by atoms with E-state index in [-0.39, 0.29) is 0 Å². The van der Waals surface area contributed by atoms with Gasteiger partial charge in [-0.25, -0.2) is 0 Å². The van der Waals surface area contributed by atoms with E-state index in [2.05, 4.69) is 0 Å². The van der Waals surface area contributed by atoms with E-state index in [9.17, 15) is 0 Å². The Morgan fingerprint density at radius 3 is 2.52 bits per heavy atom. The first kappa shape index (κ1) is 16.0. The van der Waals surface area contributed by atoms with Gasteiger partial charge < -0.3 is 15.2 Å². The Morgan fingerprint density at radius 1 is 1.05 bits per heavy atom. The van der Waals surface area contributed by atoms with E-state index >= 15 is 0 Å². The predicted molar refractivity (Wildman–Crippen MR) is 86.3 cm³/mol. The van der Waals surface area contributed by atoms with Crippen molar-refractivity contribution < 1.29 is 9.47 Å². The molecule has 0 saturated carbocycles. The lowest BCUT2D eigenvalue weighted by Crippen LogP contribution is -2.05. The molecule has 0 aliphatic carbocycles. The summed E-state index contributed by atoms with van der Waals surface area (Å²) in [5, 5.41) is 1.17. The standard InChI is InChI=1S/C16H17Cl2NO2/c1-2-20-15-5-3-4-11(9-19)16(15)21-10-12-6-7-13(17)8-14(12)18/h3-8H,2,9-10,19H2,1H3. The Kier molecular flexibility index (Phi) is 5.74. The first-order chi connectivity index (χ1) is 10.2. The van der Waals surface area contributed by atoms with Crippen LogP contribution in [-0.2, 0) is 13.2 Å². The Morgan fingerprint density at radius 2 is 1.86 bits per heavy atom. The number of benzene rings is 2. The summed E-state index contributed by atoms with van der Waals surface area (Å²) >= 11 is 12.0. The number of para-hydroxylation sites is 1. The summed E-state index contributed by atoms with van der Waals surface area (Å²) < 4.78 is 11.5. The molecule has 0 fully saturated rings. The lowest BCUT2D eigenvalue weighted by Gasteiger charge is -2.15. The molecule has 0 radical (unpaired) electrons. The average molecular weight is 326 g/mol. The van der Waals surface area contributed by atoms with Crippen LogP contribution in [0.5, 0.6) is 11.5 Å². The maximum Gasteiger partial charge on any atom is 0.166 e. The molecule has 0 aliphatic heterocycles. The largest absolute Gasteiger partial charge is 0.490 e. The molecular weight excluding hydrogens is 309 g/mol. The van der Waals surface area contributed by atoms with Crippen molar-refractivity contribution >= 4 is 23.2 Å². The highest BCUT2D eigenvalue weighted by molar-refractivity contribution is 6.35. The van der Waals surface area contributed by atoms with Crippen molar-refractivity contribution in [1.82, 2.24) is 0 Å². The number of hydrogen-bond acceptors (Lipinski definition) is 3. The molecule has 0 bridgehead atoms. The fourth-order valence-electron chi connectivity index (χ4n) is 1.94. The predicted octanol–water partition coefficient (Wildman–Crippen LogP) is 4.43. The first-order valence-electron chi connectivity index (χ1n) is 6.67. The molecule has 0 aromatic heterocycles. The molecule has 2 N–H and O–H groups in total. The molecule has 0 atom stereocenters. The molecule has 0 saturated heterocycles. The molecule has 0 spiro atoms. The van der Waals surface area contributed by atoms with Gasteiger partial charge in [0.15, 0.2) is 11.5 Å². The van der Waals surface area contributed by atoms with Crippen LogP contribution >= 0.6 is 23.2 Å². The van der Waals surface area contributed by atoms with E-state index < -0.39 is 0 Å². The van der Waals surface area contributed by atoms with E-state index in [1.807, 2.05) is 31.2 Å². The Bertz CT molecular complexity index is 617. The van der Waals surface area contributed by atoms with Crippen molar-refractivity contribution in [2.45, 2.75) is 20.1 Å². The molecule has 5 heteroatoms. The van der Waals surface area contributed by atoms with Crippen LogP contribution in [0.4, 0.5) is 0 Å². The zero-order chi connectivity index (χ0) is 15.2. The van der Waals surface area contributed by atoms with E-state index in [1.54, 1.807) is 12.1 Å². The van der Waals surface area contributed by atoms with Gasteiger partial charge in [-0.1, -0.05) is 41.4 Å². The molecule has 21 heavy (non-hydrogen) atoms. The summed E-state index contributed by atoms with van der Waals surface area (Å²) in [5.74, 6) is 1.35. The van der Waals surface area contributed by atoms with Crippen LogP contribution in [-0.4, -0.2) is 6.61 Å². The second-order valence-electron chi connectivity index (χ2n) is 4.41. The van der Waals surface area contributed by atoms with Crippen LogP contribution in [0.15, 0.2) is 36.4 Å². The fraction of sp³-hybridized carbons (Fsp3) is 0.250. The van der Waals surface area contributed by atoms with Gasteiger partial charge in [0.05, 0.1) is 6.61 Å². The summed E-state index contributed by atoms with van der Waals surface area (Å²) in [4.78, 5) is 0. The quantitative estimate of drug-likeness (QED) is 0.854. The molecule has 2 rings (SSSR count). The summed E-state index contributed by atoms with van der Waals surface area (Å²) in [7, 11) is 0. The average Bonchev–Trinajstić information content (AvgIpc) is 2.47. The first-order valence-corrected chi connectivity index (χ1v) is 7.42. The molecular formula is C16H17Cl2NO2. The zero-order valence-electron chi connectivity index (χ0n) is 11.7. The number of nitrogens with two attached hydrogens (primary N) is 1. The lowest BCUT2D eigenvalue weighted by molar-refractivity contribution is 0.267. The molecule has 0 amide bonds. The van der Waals surface area contributed by atoms with Gasteiger partial charge in [-0.2, -0.15) is 0 Å². The minimum Gasteiger partial charge on any atom is -0.490 e. The third-order valence-electron chi connectivity index (χ3n) is 2.97. The smallest absolute Gasteiger partial charge is 0.166 e. The van der Waals surface area contributed by atoms with E-state index in [0.29, 0.717) is 41.3 Å². The van der Waals surface area contributed by atoms with Crippen LogP contribution in [0.1, 0.15) is 18.1 Å². The monoisotopic (exact) mass is 325 g/mol. The summed E-state index contributed by atoms with van der Waals surface area (Å²) in [6.45, 7) is 3.19. The molecule has 3 nitrogen and oxygen atoms in total. The summed E-state index contributed by atoms with van der Waals surface area (Å²) in [6, 6.07) is 11.0. The van der Waals surface area contributed by atoms with Crippen molar-refractivity contribution in [3.05, 3.63) is 57.6 Å². The molecule has 0 heterocycles. The van der Waals surface area contributed by atoms with E-state index in [0.717, 1.165) is 11.1 Å². The summed E-state index contributed by atoms with van der Waals surface area (Å²) in [5.41, 5.74) is 7.51. The second kappa shape index (κ2) is 7.55. The van der Waals surface area contributed by atoms with Crippen LogP contribution in [0.2, 0.25) is 10.0 Å². The van der Waals surface area contributed by atoms with Gasteiger partial charge in [-0.05, 0) is 25.1 Å². The third-order valence-corrected chi connectivity index (χ3v) is 3.55. The fourth-order valence-corrected chi connectivity index (χ4v) is 2.41. The highest BCUT2D eigenvalue weighted by atomic mass is 35.5. The SMILES string of the molecule is CCOc1cccc(CN)c1OCc1ccc(Cl)cc1Cl. The number of halogens is 2. The zero-order valence-corrected chi connectivity index (χ0v) is 13.2. The Balaban J connectivity index is 2.22. The molecule has 2 aromatic carbocycles. The van der Waals surface area contributed by atoms with Crippen molar-refractivity contribution in [3.8, 4) is 11.5 Å². The normalized spacial score (nSPS) is 10.5. The van der Waals surface area contributed by atoms with Gasteiger partial charge in [0, 0.05) is 27.7 Å². The van der Waals surface area contributed by atoms with Crippen LogP contribution in [0, 0.1) is 0 Å². The maximum absolute atomic E-state index is 6.15. The topological polar surface area (TPSA) is 44.5 Å². The lowest BCUT2D eigenvalue weighted by atomic mass is 10.2. The van der Waals surface area contributed by atoms with Gasteiger partial charge in [0.1, 0.15) is 6.61 Å². The minimum absolute atomic E-state index is 0.326.